The molecule has 0 spiro atoms. The maximum atomic E-state index is 13.9. The zero-order valence-corrected chi connectivity index (χ0v) is 15.8. The van der Waals surface area contributed by atoms with Crippen LogP contribution in [0.3, 0.4) is 0 Å². The summed E-state index contributed by atoms with van der Waals surface area (Å²) in [6, 6.07) is 0. The van der Waals surface area contributed by atoms with Crippen LogP contribution in [-0.2, 0) is 0 Å². The van der Waals surface area contributed by atoms with E-state index in [-0.39, 0.29) is 23.7 Å². The Balaban J connectivity index is 1.84. The third kappa shape index (κ3) is 2.96. The Morgan fingerprint density at radius 1 is 0.682 bits per heavy atom. The maximum absolute atomic E-state index is 13.9. The first-order valence-electron chi connectivity index (χ1n) is 9.31. The molecule has 0 aromatic carbocycles. The van der Waals surface area contributed by atoms with Gasteiger partial charge in [-0.25, -0.2) is 8.78 Å². The second kappa shape index (κ2) is 5.74. The molecule has 0 N–H and O–H groups in total. The number of hydrogen-bond donors (Lipinski definition) is 0. The van der Waals surface area contributed by atoms with E-state index in [1.165, 1.54) is 0 Å². The van der Waals surface area contributed by atoms with Gasteiger partial charge in [-0.2, -0.15) is 0 Å². The highest BCUT2D eigenvalue weighted by Gasteiger charge is 2.70. The summed E-state index contributed by atoms with van der Waals surface area (Å²) < 4.78 is 27.9. The Hall–Kier alpha value is -0.140. The van der Waals surface area contributed by atoms with Gasteiger partial charge < -0.3 is 0 Å². The minimum absolute atomic E-state index is 0.104. The van der Waals surface area contributed by atoms with Crippen molar-refractivity contribution >= 4 is 0 Å². The van der Waals surface area contributed by atoms with Crippen molar-refractivity contribution in [1.82, 2.24) is 0 Å². The second-order valence-electron chi connectivity index (χ2n) is 9.62. The van der Waals surface area contributed by atoms with E-state index in [1.54, 1.807) is 0 Å². The van der Waals surface area contributed by atoms with Gasteiger partial charge in [-0.15, -0.1) is 0 Å². The van der Waals surface area contributed by atoms with Gasteiger partial charge in [0, 0.05) is 11.8 Å². The van der Waals surface area contributed by atoms with Crippen molar-refractivity contribution in [2.75, 3.05) is 0 Å². The van der Waals surface area contributed by atoms with Crippen LogP contribution in [0.2, 0.25) is 0 Å². The van der Waals surface area contributed by atoms with Gasteiger partial charge in [-0.1, -0.05) is 61.8 Å². The van der Waals surface area contributed by atoms with Crippen molar-refractivity contribution < 1.29 is 8.78 Å². The van der Waals surface area contributed by atoms with E-state index in [9.17, 15) is 8.78 Å². The van der Waals surface area contributed by atoms with Crippen molar-refractivity contribution in [2.45, 2.75) is 74.2 Å². The van der Waals surface area contributed by atoms with E-state index in [4.69, 9.17) is 0 Å². The van der Waals surface area contributed by atoms with Gasteiger partial charge in [0.25, 0.3) is 5.92 Å². The van der Waals surface area contributed by atoms with Gasteiger partial charge in [0.15, 0.2) is 0 Å². The Bertz CT molecular complexity index is 359. The van der Waals surface area contributed by atoms with Gasteiger partial charge in [-0.05, 0) is 47.3 Å². The first-order chi connectivity index (χ1) is 9.94. The van der Waals surface area contributed by atoms with Gasteiger partial charge in [0.2, 0.25) is 0 Å². The fraction of sp³-hybridized carbons (Fsp3) is 1.00. The first-order valence-corrected chi connectivity index (χ1v) is 9.31. The van der Waals surface area contributed by atoms with Gasteiger partial charge in [-0.3, -0.25) is 0 Å². The Labute approximate surface area is 136 Å². The van der Waals surface area contributed by atoms with Crippen molar-refractivity contribution in [3.63, 3.8) is 0 Å². The summed E-state index contributed by atoms with van der Waals surface area (Å²) in [6.07, 6.45) is 2.07. The summed E-state index contributed by atoms with van der Waals surface area (Å²) in [6.45, 7) is 17.7. The molecule has 0 amide bonds. The molecule has 2 aliphatic rings. The first kappa shape index (κ1) is 18.2. The van der Waals surface area contributed by atoms with Crippen LogP contribution < -0.4 is 0 Å². The monoisotopic (exact) mass is 314 g/mol. The summed E-state index contributed by atoms with van der Waals surface area (Å²) >= 11 is 0. The van der Waals surface area contributed by atoms with Crippen LogP contribution in [-0.4, -0.2) is 5.92 Å². The van der Waals surface area contributed by atoms with Crippen LogP contribution in [0.25, 0.3) is 0 Å². The second-order valence-corrected chi connectivity index (χ2v) is 9.62. The molecule has 2 fully saturated rings. The minimum atomic E-state index is -2.41. The molecule has 22 heavy (non-hydrogen) atoms. The van der Waals surface area contributed by atoms with Gasteiger partial charge in [0.05, 0.1) is 0 Å². The van der Waals surface area contributed by atoms with E-state index in [2.05, 4.69) is 34.6 Å². The van der Waals surface area contributed by atoms with E-state index >= 15 is 0 Å². The third-order valence-electron chi connectivity index (χ3n) is 6.90. The van der Waals surface area contributed by atoms with Crippen molar-refractivity contribution in [2.24, 2.45) is 52.8 Å². The highest BCUT2D eigenvalue weighted by Crippen LogP contribution is 2.66. The minimum Gasteiger partial charge on any atom is -0.206 e. The average molecular weight is 315 g/mol. The van der Waals surface area contributed by atoms with Gasteiger partial charge >= 0.3 is 0 Å². The van der Waals surface area contributed by atoms with Crippen molar-refractivity contribution in [1.29, 1.82) is 0 Å². The predicted octanol–water partition coefficient (Wildman–Crippen LogP) is 6.50. The standard InChI is InChI=1S/C20H36F2/c1-11(2)15-17(19(15,7)8)13(5)9-10-14(6)18-16(12(3)4)20(18,21)22/h11-18H,9-10H2,1-8H3. The lowest BCUT2D eigenvalue weighted by atomic mass is 9.88. The lowest BCUT2D eigenvalue weighted by Gasteiger charge is -2.17. The molecule has 2 saturated carbocycles. The average Bonchev–Trinajstić information content (AvgIpc) is 3.14. The van der Waals surface area contributed by atoms with E-state index < -0.39 is 5.92 Å². The van der Waals surface area contributed by atoms with Crippen LogP contribution >= 0.6 is 0 Å². The van der Waals surface area contributed by atoms with Crippen LogP contribution in [0.15, 0.2) is 0 Å². The van der Waals surface area contributed by atoms with Crippen LogP contribution in [0.5, 0.6) is 0 Å². The van der Waals surface area contributed by atoms with Crippen molar-refractivity contribution in [3.05, 3.63) is 0 Å². The summed E-state index contributed by atoms with van der Waals surface area (Å²) in [7, 11) is 0. The maximum Gasteiger partial charge on any atom is 0.255 e. The smallest absolute Gasteiger partial charge is 0.206 e. The fourth-order valence-electron chi connectivity index (χ4n) is 5.93. The number of hydrogen-bond acceptors (Lipinski definition) is 0. The lowest BCUT2D eigenvalue weighted by Crippen LogP contribution is -2.10. The summed E-state index contributed by atoms with van der Waals surface area (Å²) in [5.41, 5.74) is 0.445. The third-order valence-corrected chi connectivity index (χ3v) is 6.90. The Morgan fingerprint density at radius 2 is 1.09 bits per heavy atom. The molecule has 0 heterocycles. The molecule has 2 rings (SSSR count). The molecule has 2 heteroatoms. The quantitative estimate of drug-likeness (QED) is 0.503. The summed E-state index contributed by atoms with van der Waals surface area (Å²) in [5, 5.41) is 0. The normalized spacial score (nSPS) is 38.2. The van der Waals surface area contributed by atoms with Crippen LogP contribution in [0.4, 0.5) is 8.78 Å². The summed E-state index contributed by atoms with van der Waals surface area (Å²) in [5.74, 6) is 0.0932. The van der Waals surface area contributed by atoms with Gasteiger partial charge in [0.1, 0.15) is 0 Å². The zero-order chi connectivity index (χ0) is 17.0. The highest BCUT2D eigenvalue weighted by atomic mass is 19.3. The summed E-state index contributed by atoms with van der Waals surface area (Å²) in [4.78, 5) is 0. The number of alkyl halides is 2. The molecular weight excluding hydrogens is 278 g/mol. The number of rotatable bonds is 7. The van der Waals surface area contributed by atoms with Crippen LogP contribution in [0.1, 0.15) is 68.2 Å². The molecule has 0 aliphatic heterocycles. The highest BCUT2D eigenvalue weighted by molar-refractivity contribution is 5.10. The van der Waals surface area contributed by atoms with Crippen LogP contribution in [0, 0.1) is 52.8 Å². The number of halogens is 2. The van der Waals surface area contributed by atoms with Crippen molar-refractivity contribution in [3.8, 4) is 0 Å². The molecule has 0 aromatic rings. The lowest BCUT2D eigenvalue weighted by molar-refractivity contribution is 0.0680. The Morgan fingerprint density at radius 3 is 1.41 bits per heavy atom. The molecule has 6 unspecified atom stereocenters. The van der Waals surface area contributed by atoms with E-state index in [0.29, 0.717) is 11.3 Å². The van der Waals surface area contributed by atoms with E-state index in [0.717, 1.165) is 30.6 Å². The molecular formula is C20H36F2. The zero-order valence-electron chi connectivity index (χ0n) is 15.8. The molecule has 0 bridgehead atoms. The predicted molar refractivity (Wildman–Crippen MR) is 89.9 cm³/mol. The topological polar surface area (TPSA) is 0 Å². The molecule has 2 aliphatic carbocycles. The molecule has 0 saturated heterocycles. The van der Waals surface area contributed by atoms with E-state index in [1.807, 2.05) is 20.8 Å². The molecule has 130 valence electrons. The fourth-order valence-corrected chi connectivity index (χ4v) is 5.93. The SMILES string of the molecule is CC(C)C1C(C(C)CCC(C)C2C(C(C)C)C2(F)F)C1(C)C. The largest absolute Gasteiger partial charge is 0.255 e. The Kier molecular flexibility index (Phi) is 4.75. The molecule has 0 aromatic heterocycles. The molecule has 6 atom stereocenters. The molecule has 0 radical (unpaired) electrons. The molecule has 0 nitrogen and oxygen atoms in total.